The zero-order chi connectivity index (χ0) is 12.8. The van der Waals surface area contributed by atoms with Gasteiger partial charge in [0, 0.05) is 17.1 Å². The van der Waals surface area contributed by atoms with E-state index in [1.807, 2.05) is 36.0 Å². The first-order valence-corrected chi connectivity index (χ1v) is 7.53. The van der Waals surface area contributed by atoms with Crippen molar-refractivity contribution >= 4 is 17.5 Å². The van der Waals surface area contributed by atoms with Crippen LogP contribution in [0.25, 0.3) is 0 Å². The Labute approximate surface area is 125 Å². The van der Waals surface area contributed by atoms with Crippen LogP contribution in [0, 0.1) is 0 Å². The fraction of sp³-hybridized carbons (Fsp3) is 0.500. The van der Waals surface area contributed by atoms with Gasteiger partial charge in [0.15, 0.2) is 5.78 Å². The van der Waals surface area contributed by atoms with Gasteiger partial charge in [-0.25, -0.2) is 0 Å². The average Bonchev–Trinajstić information content (AvgIpc) is 2.46. The number of nitrogens with one attached hydrogen (secondary N) is 1. The Balaban J connectivity index is 0.00000180. The second kappa shape index (κ2) is 8.46. The van der Waals surface area contributed by atoms with Gasteiger partial charge in [0.2, 0.25) is 0 Å². The van der Waals surface area contributed by atoms with Crippen LogP contribution in [0.4, 0.5) is 0 Å². The van der Waals surface area contributed by atoms with E-state index in [9.17, 15) is 4.79 Å². The van der Waals surface area contributed by atoms with Crippen LogP contribution in [0.2, 0.25) is 0 Å². The van der Waals surface area contributed by atoms with Crippen molar-refractivity contribution in [2.45, 2.75) is 6.42 Å². The smallest absolute Gasteiger partial charge is 0.168 e. The summed E-state index contributed by atoms with van der Waals surface area (Å²) in [5.74, 6) is 3.42. The van der Waals surface area contributed by atoms with Crippen LogP contribution in [-0.4, -0.2) is 44.0 Å². The number of carbonyl (C=O) groups excluding carboxylic acids is 1. The Bertz CT molecular complexity index is 408. The largest absolute Gasteiger partial charge is 1.00 e. The fourth-order valence-corrected chi connectivity index (χ4v) is 3.21. The molecule has 106 valence electrons. The molecule has 1 saturated heterocycles. The van der Waals surface area contributed by atoms with Crippen molar-refractivity contribution in [3.05, 3.63) is 29.8 Å². The number of carbonyl (C=O) groups is 1. The van der Waals surface area contributed by atoms with Crippen molar-refractivity contribution in [3.8, 4) is 5.75 Å². The molecule has 19 heavy (non-hydrogen) atoms. The topological polar surface area (TPSA) is 30.7 Å². The molecule has 0 bridgehead atoms. The molecule has 1 fully saturated rings. The first-order valence-electron chi connectivity index (χ1n) is 6.38. The van der Waals surface area contributed by atoms with Gasteiger partial charge < -0.3 is 22.0 Å². The lowest BCUT2D eigenvalue weighted by Crippen LogP contribution is -3.13. The number of thioether (sulfide) groups is 1. The van der Waals surface area contributed by atoms with E-state index in [1.165, 1.54) is 24.6 Å². The van der Waals surface area contributed by atoms with Crippen LogP contribution in [0.5, 0.6) is 5.75 Å². The molecule has 3 nitrogen and oxygen atoms in total. The van der Waals surface area contributed by atoms with E-state index in [0.29, 0.717) is 6.42 Å². The minimum atomic E-state index is 0. The molecule has 0 amide bonds. The third-order valence-corrected chi connectivity index (χ3v) is 4.28. The lowest BCUT2D eigenvalue weighted by molar-refractivity contribution is -0.895. The quantitative estimate of drug-likeness (QED) is 0.633. The summed E-state index contributed by atoms with van der Waals surface area (Å²) in [4.78, 5) is 13.6. The summed E-state index contributed by atoms with van der Waals surface area (Å²) in [5, 5.41) is 0. The van der Waals surface area contributed by atoms with Gasteiger partial charge in [-0.05, 0) is 12.1 Å². The van der Waals surface area contributed by atoms with Gasteiger partial charge in [-0.1, -0.05) is 12.1 Å². The standard InChI is InChI=1S/C14H19NO2S.ClH/c1-17-13-4-2-3-12(11-13)14(16)5-6-15-7-9-18-10-8-15;/h2-4,11H,5-10H2,1H3;1H. The van der Waals surface area contributed by atoms with Gasteiger partial charge in [0.25, 0.3) is 0 Å². The number of hydrogen-bond donors (Lipinski definition) is 1. The molecule has 1 aromatic rings. The van der Waals surface area contributed by atoms with Crippen molar-refractivity contribution in [2.24, 2.45) is 0 Å². The average molecular weight is 302 g/mol. The van der Waals surface area contributed by atoms with Gasteiger partial charge in [-0.15, -0.1) is 0 Å². The Morgan fingerprint density at radius 3 is 2.79 bits per heavy atom. The Kier molecular flexibility index (Phi) is 7.28. The van der Waals surface area contributed by atoms with E-state index in [0.717, 1.165) is 17.9 Å². The molecule has 0 spiro atoms. The molecule has 1 aliphatic heterocycles. The molecule has 1 aliphatic rings. The number of benzene rings is 1. The molecule has 0 radical (unpaired) electrons. The van der Waals surface area contributed by atoms with Crippen LogP contribution in [-0.2, 0) is 0 Å². The monoisotopic (exact) mass is 301 g/mol. The van der Waals surface area contributed by atoms with E-state index in [-0.39, 0.29) is 18.2 Å². The summed E-state index contributed by atoms with van der Waals surface area (Å²) < 4.78 is 5.14. The summed E-state index contributed by atoms with van der Waals surface area (Å²) in [5.41, 5.74) is 0.764. The highest BCUT2D eigenvalue weighted by Crippen LogP contribution is 2.13. The third-order valence-electron chi connectivity index (χ3n) is 3.30. The highest BCUT2D eigenvalue weighted by Gasteiger charge is 2.16. The van der Waals surface area contributed by atoms with E-state index in [4.69, 9.17) is 4.74 Å². The zero-order valence-corrected chi connectivity index (χ0v) is 12.7. The lowest BCUT2D eigenvalue weighted by atomic mass is 10.1. The van der Waals surface area contributed by atoms with Gasteiger partial charge in [-0.2, -0.15) is 11.8 Å². The predicted molar refractivity (Wildman–Crippen MR) is 74.8 cm³/mol. The summed E-state index contributed by atoms with van der Waals surface area (Å²) in [6.07, 6.45) is 0.632. The van der Waals surface area contributed by atoms with Crippen molar-refractivity contribution < 1.29 is 26.8 Å². The van der Waals surface area contributed by atoms with Crippen LogP contribution < -0.4 is 22.0 Å². The Morgan fingerprint density at radius 2 is 2.11 bits per heavy atom. The Hall–Kier alpha value is -0.710. The van der Waals surface area contributed by atoms with E-state index in [1.54, 1.807) is 12.0 Å². The molecule has 0 saturated carbocycles. The number of hydrogen-bond acceptors (Lipinski definition) is 3. The minimum Gasteiger partial charge on any atom is -1.00 e. The second-order valence-corrected chi connectivity index (χ2v) is 5.74. The van der Waals surface area contributed by atoms with Crippen LogP contribution in [0.1, 0.15) is 16.8 Å². The molecule has 1 N–H and O–H groups in total. The molecule has 0 aliphatic carbocycles. The summed E-state index contributed by atoms with van der Waals surface area (Å²) in [7, 11) is 1.62. The molecule has 5 heteroatoms. The fourth-order valence-electron chi connectivity index (χ4n) is 2.14. The third kappa shape index (κ3) is 5.05. The van der Waals surface area contributed by atoms with Crippen LogP contribution in [0.15, 0.2) is 24.3 Å². The van der Waals surface area contributed by atoms with Gasteiger partial charge in [0.05, 0.1) is 33.2 Å². The summed E-state index contributed by atoms with van der Waals surface area (Å²) >= 11 is 2.01. The number of methoxy groups -OCH3 is 1. The Morgan fingerprint density at radius 1 is 1.37 bits per heavy atom. The van der Waals surface area contributed by atoms with Crippen LogP contribution >= 0.6 is 11.8 Å². The van der Waals surface area contributed by atoms with Gasteiger partial charge >= 0.3 is 0 Å². The van der Waals surface area contributed by atoms with E-state index < -0.39 is 0 Å². The minimum absolute atomic E-state index is 0. The number of halogens is 1. The van der Waals surface area contributed by atoms with Crippen molar-refractivity contribution in [1.82, 2.24) is 0 Å². The van der Waals surface area contributed by atoms with E-state index in [2.05, 4.69) is 0 Å². The molecule has 1 heterocycles. The van der Waals surface area contributed by atoms with Crippen LogP contribution in [0.3, 0.4) is 0 Å². The molecular weight excluding hydrogens is 282 g/mol. The number of ketones is 1. The molecular formula is C14H20ClNO2S. The molecule has 0 unspecified atom stereocenters. The molecule has 2 rings (SSSR count). The number of ether oxygens (including phenoxy) is 1. The van der Waals surface area contributed by atoms with Crippen molar-refractivity contribution in [3.63, 3.8) is 0 Å². The zero-order valence-electron chi connectivity index (χ0n) is 11.2. The van der Waals surface area contributed by atoms with E-state index >= 15 is 0 Å². The number of Topliss-reactive ketones (excluding diaryl/α,β-unsaturated/α-hetero) is 1. The maximum absolute atomic E-state index is 12.1. The maximum Gasteiger partial charge on any atom is 0.168 e. The van der Waals surface area contributed by atoms with Crippen molar-refractivity contribution in [2.75, 3.05) is 38.2 Å². The number of rotatable bonds is 5. The second-order valence-electron chi connectivity index (χ2n) is 4.52. The summed E-state index contributed by atoms with van der Waals surface area (Å²) in [6.45, 7) is 3.34. The van der Waals surface area contributed by atoms with Gasteiger partial charge in [0.1, 0.15) is 5.75 Å². The SMILES string of the molecule is COc1cccc(C(=O)CC[NH+]2CCSCC2)c1.[Cl-]. The lowest BCUT2D eigenvalue weighted by Gasteiger charge is -2.22. The molecule has 0 aromatic heterocycles. The van der Waals surface area contributed by atoms with Crippen molar-refractivity contribution in [1.29, 1.82) is 0 Å². The molecule has 0 atom stereocenters. The predicted octanol–water partition coefficient (Wildman–Crippen LogP) is -2.10. The highest BCUT2D eigenvalue weighted by molar-refractivity contribution is 7.99. The number of quaternary nitrogens is 1. The first kappa shape index (κ1) is 16.3. The highest BCUT2D eigenvalue weighted by atomic mass is 35.5. The first-order chi connectivity index (χ1) is 8.79. The van der Waals surface area contributed by atoms with Gasteiger partial charge in [-0.3, -0.25) is 4.79 Å². The summed E-state index contributed by atoms with van der Waals surface area (Å²) in [6, 6.07) is 7.43. The maximum atomic E-state index is 12.1. The normalized spacial score (nSPS) is 15.6. The molecule has 1 aromatic carbocycles.